The largest absolute Gasteiger partial charge is 0.385 e. The number of aryl methyl sites for hydroxylation is 1. The second-order valence-corrected chi connectivity index (χ2v) is 8.89. The predicted octanol–water partition coefficient (Wildman–Crippen LogP) is 4.34. The van der Waals surface area contributed by atoms with Gasteiger partial charge in [-0.1, -0.05) is 28.1 Å². The van der Waals surface area contributed by atoms with Gasteiger partial charge in [0.05, 0.1) is 12.0 Å². The van der Waals surface area contributed by atoms with Gasteiger partial charge in [-0.25, -0.2) is 0 Å². The molecule has 0 saturated heterocycles. The molecule has 0 radical (unpaired) electrons. The molecule has 0 spiro atoms. The third kappa shape index (κ3) is 5.43. The number of benzene rings is 1. The molecular weight excluding hydrogens is 440 g/mol. The average Bonchev–Trinajstić information content (AvgIpc) is 3.04. The quantitative estimate of drug-likeness (QED) is 0.571. The van der Waals surface area contributed by atoms with Crippen molar-refractivity contribution in [3.8, 4) is 0 Å². The Hall–Kier alpha value is -1.70. The Balaban J connectivity index is 1.73. The normalized spacial score (nSPS) is 13.1. The lowest BCUT2D eigenvalue weighted by Gasteiger charge is -2.13. The number of thiophene rings is 1. The van der Waals surface area contributed by atoms with Gasteiger partial charge in [-0.3, -0.25) is 9.59 Å². The first-order valence-corrected chi connectivity index (χ1v) is 11.2. The molecule has 2 aromatic rings. The Kier molecular flexibility index (Phi) is 7.65. The maximum absolute atomic E-state index is 12.8. The minimum atomic E-state index is -0.102. The van der Waals surface area contributed by atoms with Gasteiger partial charge in [-0.15, -0.1) is 11.3 Å². The van der Waals surface area contributed by atoms with Crippen molar-refractivity contribution in [1.82, 2.24) is 5.32 Å². The molecule has 2 N–H and O–H groups in total. The SMILES string of the molecule is COCCCNC(=O)c1c(NC(=O)Cc2ccc(Br)cc2)sc2c1CCCC2. The van der Waals surface area contributed by atoms with Crippen molar-refractivity contribution in [1.29, 1.82) is 0 Å². The van der Waals surface area contributed by atoms with Crippen LogP contribution >= 0.6 is 27.3 Å². The van der Waals surface area contributed by atoms with Crippen LogP contribution in [0.5, 0.6) is 0 Å². The molecule has 0 fully saturated rings. The third-order valence-corrected chi connectivity index (χ3v) is 6.48. The molecule has 2 amide bonds. The summed E-state index contributed by atoms with van der Waals surface area (Å²) in [6, 6.07) is 7.69. The van der Waals surface area contributed by atoms with E-state index < -0.39 is 0 Å². The first-order chi connectivity index (χ1) is 13.6. The lowest BCUT2D eigenvalue weighted by Crippen LogP contribution is -2.27. The highest BCUT2D eigenvalue weighted by atomic mass is 79.9. The number of carbonyl (C=O) groups is 2. The molecule has 0 aliphatic heterocycles. The van der Waals surface area contributed by atoms with Crippen LogP contribution in [0.1, 0.15) is 45.6 Å². The van der Waals surface area contributed by atoms with Crippen LogP contribution in [0.2, 0.25) is 0 Å². The van der Waals surface area contributed by atoms with Crippen molar-refractivity contribution in [3.63, 3.8) is 0 Å². The zero-order valence-electron chi connectivity index (χ0n) is 16.0. The molecule has 28 heavy (non-hydrogen) atoms. The van der Waals surface area contributed by atoms with Crippen LogP contribution in [0.25, 0.3) is 0 Å². The summed E-state index contributed by atoms with van der Waals surface area (Å²) in [7, 11) is 1.65. The molecule has 5 nitrogen and oxygen atoms in total. The van der Waals surface area contributed by atoms with Crippen molar-refractivity contribution >= 4 is 44.1 Å². The highest BCUT2D eigenvalue weighted by Gasteiger charge is 2.26. The third-order valence-electron chi connectivity index (χ3n) is 4.74. The number of nitrogens with one attached hydrogen (secondary N) is 2. The van der Waals surface area contributed by atoms with E-state index >= 15 is 0 Å². The predicted molar refractivity (Wildman–Crippen MR) is 116 cm³/mol. The second-order valence-electron chi connectivity index (χ2n) is 6.87. The van der Waals surface area contributed by atoms with E-state index in [9.17, 15) is 9.59 Å². The Morgan fingerprint density at radius 1 is 1.18 bits per heavy atom. The first kappa shape index (κ1) is 21.0. The van der Waals surface area contributed by atoms with Gasteiger partial charge in [-0.2, -0.15) is 0 Å². The highest BCUT2D eigenvalue weighted by molar-refractivity contribution is 9.10. The van der Waals surface area contributed by atoms with Crippen LogP contribution in [-0.4, -0.2) is 32.1 Å². The van der Waals surface area contributed by atoms with Gasteiger partial charge in [0.15, 0.2) is 0 Å². The Morgan fingerprint density at radius 3 is 2.68 bits per heavy atom. The standard InChI is InChI=1S/C21H25BrN2O3S/c1-27-12-4-11-23-20(26)19-16-5-2-3-6-17(16)28-21(19)24-18(25)13-14-7-9-15(22)10-8-14/h7-10H,2-6,11-13H2,1H3,(H,23,26)(H,24,25). The lowest BCUT2D eigenvalue weighted by molar-refractivity contribution is -0.115. The number of halogens is 1. The van der Waals surface area contributed by atoms with Gasteiger partial charge in [0, 0.05) is 29.6 Å². The number of methoxy groups -OCH3 is 1. The Labute approximate surface area is 178 Å². The summed E-state index contributed by atoms with van der Waals surface area (Å²) in [5, 5.41) is 6.65. The van der Waals surface area contributed by atoms with Crippen molar-refractivity contribution < 1.29 is 14.3 Å². The van der Waals surface area contributed by atoms with Gasteiger partial charge < -0.3 is 15.4 Å². The summed E-state index contributed by atoms with van der Waals surface area (Å²) in [4.78, 5) is 26.7. The summed E-state index contributed by atoms with van der Waals surface area (Å²) < 4.78 is 6.02. The molecule has 7 heteroatoms. The molecule has 0 unspecified atom stereocenters. The molecule has 0 atom stereocenters. The fraction of sp³-hybridized carbons (Fsp3) is 0.429. The van der Waals surface area contributed by atoms with Crippen molar-refractivity contribution in [2.24, 2.45) is 0 Å². The Bertz CT molecular complexity index is 833. The molecule has 1 heterocycles. The molecule has 0 bridgehead atoms. The van der Waals surface area contributed by atoms with Crippen LogP contribution in [0.15, 0.2) is 28.7 Å². The number of fused-ring (bicyclic) bond motifs is 1. The van der Waals surface area contributed by atoms with Gasteiger partial charge in [-0.05, 0) is 55.4 Å². The summed E-state index contributed by atoms with van der Waals surface area (Å²) >= 11 is 4.95. The number of carbonyl (C=O) groups excluding carboxylic acids is 2. The zero-order chi connectivity index (χ0) is 19.9. The second kappa shape index (κ2) is 10.2. The molecule has 1 aromatic carbocycles. The number of hydrogen-bond donors (Lipinski definition) is 2. The minimum Gasteiger partial charge on any atom is -0.385 e. The van der Waals surface area contributed by atoms with Crippen LogP contribution in [0.3, 0.4) is 0 Å². The molecule has 0 saturated carbocycles. The van der Waals surface area contributed by atoms with Crippen molar-refractivity contribution in [3.05, 3.63) is 50.3 Å². The topological polar surface area (TPSA) is 67.4 Å². The monoisotopic (exact) mass is 464 g/mol. The number of rotatable bonds is 8. The fourth-order valence-electron chi connectivity index (χ4n) is 3.36. The van der Waals surface area contributed by atoms with Crippen molar-refractivity contribution in [2.45, 2.75) is 38.5 Å². The summed E-state index contributed by atoms with van der Waals surface area (Å²) in [5.74, 6) is -0.205. The van der Waals surface area contributed by atoms with E-state index in [1.807, 2.05) is 24.3 Å². The van der Waals surface area contributed by atoms with Crippen molar-refractivity contribution in [2.75, 3.05) is 25.6 Å². The van der Waals surface area contributed by atoms with Gasteiger partial charge in [0.1, 0.15) is 5.00 Å². The fourth-order valence-corrected chi connectivity index (χ4v) is 4.93. The maximum Gasteiger partial charge on any atom is 0.254 e. The van der Waals surface area contributed by atoms with E-state index in [1.54, 1.807) is 18.4 Å². The maximum atomic E-state index is 12.8. The summed E-state index contributed by atoms with van der Waals surface area (Å²) in [5.41, 5.74) is 2.70. The summed E-state index contributed by atoms with van der Waals surface area (Å²) in [6.07, 6.45) is 5.14. The number of ether oxygens (including phenoxy) is 1. The first-order valence-electron chi connectivity index (χ1n) is 9.54. The van der Waals surface area contributed by atoms with Gasteiger partial charge in [0.2, 0.25) is 5.91 Å². The molecule has 1 aliphatic rings. The minimum absolute atomic E-state index is 0.102. The van der Waals surface area contributed by atoms with E-state index in [0.717, 1.165) is 47.7 Å². The van der Waals surface area contributed by atoms with E-state index in [4.69, 9.17) is 4.74 Å². The van der Waals surface area contributed by atoms with E-state index in [0.29, 0.717) is 23.7 Å². The molecule has 150 valence electrons. The number of amides is 2. The summed E-state index contributed by atoms with van der Waals surface area (Å²) in [6.45, 7) is 1.17. The highest BCUT2D eigenvalue weighted by Crippen LogP contribution is 2.38. The van der Waals surface area contributed by atoms with E-state index in [2.05, 4.69) is 26.6 Å². The van der Waals surface area contributed by atoms with Gasteiger partial charge in [0.25, 0.3) is 5.91 Å². The van der Waals surface area contributed by atoms with Crippen LogP contribution in [0, 0.1) is 0 Å². The molecule has 1 aromatic heterocycles. The van der Waals surface area contributed by atoms with Crippen LogP contribution in [-0.2, 0) is 28.8 Å². The smallest absolute Gasteiger partial charge is 0.254 e. The van der Waals surface area contributed by atoms with Crippen LogP contribution < -0.4 is 10.6 Å². The van der Waals surface area contributed by atoms with Gasteiger partial charge >= 0.3 is 0 Å². The van der Waals surface area contributed by atoms with E-state index in [1.165, 1.54) is 4.88 Å². The number of hydrogen-bond acceptors (Lipinski definition) is 4. The molecular formula is C21H25BrN2O3S. The zero-order valence-corrected chi connectivity index (χ0v) is 18.4. The molecule has 1 aliphatic carbocycles. The Morgan fingerprint density at radius 2 is 1.93 bits per heavy atom. The molecule has 3 rings (SSSR count). The lowest BCUT2D eigenvalue weighted by atomic mass is 9.95. The van der Waals surface area contributed by atoms with E-state index in [-0.39, 0.29) is 18.2 Å². The average molecular weight is 465 g/mol. The van der Waals surface area contributed by atoms with Crippen LogP contribution in [0.4, 0.5) is 5.00 Å². The number of anilines is 1.